The predicted molar refractivity (Wildman–Crippen MR) is 111 cm³/mol. The molecule has 2 aromatic carbocycles. The number of H-pyrrole nitrogens is 1. The van der Waals surface area contributed by atoms with Gasteiger partial charge in [0.25, 0.3) is 5.91 Å². The first-order valence-electron chi connectivity index (χ1n) is 9.56. The maximum atomic E-state index is 12.7. The van der Waals surface area contributed by atoms with Crippen molar-refractivity contribution < 1.29 is 14.3 Å². The van der Waals surface area contributed by atoms with E-state index in [0.717, 1.165) is 24.4 Å². The van der Waals surface area contributed by atoms with Crippen molar-refractivity contribution in [2.75, 3.05) is 13.2 Å². The van der Waals surface area contributed by atoms with E-state index in [1.54, 1.807) is 12.1 Å². The molecule has 0 radical (unpaired) electrons. The average molecular weight is 410 g/mol. The summed E-state index contributed by atoms with van der Waals surface area (Å²) in [6, 6.07) is 17.1. The van der Waals surface area contributed by atoms with Crippen molar-refractivity contribution in [2.24, 2.45) is 0 Å². The minimum atomic E-state index is -0.221. The summed E-state index contributed by atoms with van der Waals surface area (Å²) < 4.78 is 14.0. The van der Waals surface area contributed by atoms with Gasteiger partial charge in [0, 0.05) is 6.04 Å². The average Bonchev–Trinajstić information content (AvgIpc) is 3.52. The molecule has 0 unspecified atom stereocenters. The Labute approximate surface area is 173 Å². The number of hydrogen-bond donors (Lipinski definition) is 2. The molecule has 1 heterocycles. The topological polar surface area (TPSA) is 81.2 Å². The van der Waals surface area contributed by atoms with Crippen LogP contribution in [0.3, 0.4) is 0 Å². The van der Waals surface area contributed by atoms with Gasteiger partial charge in [0.05, 0.1) is 12.1 Å². The van der Waals surface area contributed by atoms with Crippen LogP contribution in [-0.2, 0) is 6.54 Å². The van der Waals surface area contributed by atoms with Crippen LogP contribution in [-0.4, -0.2) is 33.9 Å². The molecular formula is C21H22N4O3S. The van der Waals surface area contributed by atoms with Gasteiger partial charge in [0.2, 0.25) is 0 Å². The number of nitrogens with zero attached hydrogens (tertiary/aromatic N) is 2. The Kier molecular flexibility index (Phi) is 5.90. The van der Waals surface area contributed by atoms with Crippen molar-refractivity contribution in [3.8, 4) is 11.5 Å². The van der Waals surface area contributed by atoms with Gasteiger partial charge in [-0.1, -0.05) is 30.3 Å². The lowest BCUT2D eigenvalue weighted by molar-refractivity contribution is 0.0944. The number of carbonyl (C=O) groups is 1. The van der Waals surface area contributed by atoms with Gasteiger partial charge in [0.15, 0.2) is 10.6 Å². The van der Waals surface area contributed by atoms with Crippen molar-refractivity contribution in [1.82, 2.24) is 20.1 Å². The highest BCUT2D eigenvalue weighted by Gasteiger charge is 2.27. The minimum Gasteiger partial charge on any atom is -0.490 e. The molecule has 1 aromatic heterocycles. The summed E-state index contributed by atoms with van der Waals surface area (Å²) in [4.78, 5) is 12.7. The van der Waals surface area contributed by atoms with Crippen LogP contribution in [0, 0.1) is 4.77 Å². The number of para-hydroxylation sites is 2. The number of rotatable bonds is 9. The van der Waals surface area contributed by atoms with E-state index < -0.39 is 0 Å². The van der Waals surface area contributed by atoms with Crippen molar-refractivity contribution in [1.29, 1.82) is 0 Å². The maximum Gasteiger partial charge on any atom is 0.255 e. The van der Waals surface area contributed by atoms with Crippen LogP contribution in [0.2, 0.25) is 0 Å². The van der Waals surface area contributed by atoms with Crippen LogP contribution in [0.1, 0.15) is 35.1 Å². The third-order valence-corrected chi connectivity index (χ3v) is 4.87. The third-order valence-electron chi connectivity index (χ3n) is 4.58. The molecular weight excluding hydrogens is 388 g/mol. The molecule has 150 valence electrons. The number of ether oxygens (including phenoxy) is 2. The third kappa shape index (κ3) is 4.83. The molecule has 0 atom stereocenters. The van der Waals surface area contributed by atoms with Gasteiger partial charge in [-0.15, -0.1) is 0 Å². The van der Waals surface area contributed by atoms with Crippen LogP contribution < -0.4 is 14.8 Å². The number of amides is 1. The molecule has 3 aromatic rings. The Morgan fingerprint density at radius 2 is 1.83 bits per heavy atom. The summed E-state index contributed by atoms with van der Waals surface area (Å²) in [6.45, 7) is 1.02. The highest BCUT2D eigenvalue weighted by molar-refractivity contribution is 7.71. The van der Waals surface area contributed by atoms with E-state index >= 15 is 0 Å². The number of benzene rings is 2. The fraction of sp³-hybridized carbons (Fsp3) is 0.286. The number of aromatic nitrogens is 3. The van der Waals surface area contributed by atoms with Crippen molar-refractivity contribution in [3.63, 3.8) is 0 Å². The standard InChI is InChI=1S/C21H22N4O3S/c26-20(22-14-19-23-24-21(29)25(19)15-10-11-15)17-8-4-5-9-18(17)28-13-12-27-16-6-2-1-3-7-16/h1-9,15H,10-14H2,(H,22,26)(H,24,29). The van der Waals surface area contributed by atoms with E-state index in [-0.39, 0.29) is 5.91 Å². The van der Waals surface area contributed by atoms with Gasteiger partial charge >= 0.3 is 0 Å². The lowest BCUT2D eigenvalue weighted by Crippen LogP contribution is -2.25. The molecule has 7 nitrogen and oxygen atoms in total. The number of carbonyl (C=O) groups excluding carboxylic acids is 1. The number of hydrogen-bond acceptors (Lipinski definition) is 5. The lowest BCUT2D eigenvalue weighted by atomic mass is 10.2. The zero-order chi connectivity index (χ0) is 20.1. The zero-order valence-electron chi connectivity index (χ0n) is 15.8. The quantitative estimate of drug-likeness (QED) is 0.416. The highest BCUT2D eigenvalue weighted by Crippen LogP contribution is 2.35. The molecule has 1 saturated carbocycles. The molecule has 1 fully saturated rings. The summed E-state index contributed by atoms with van der Waals surface area (Å²) in [7, 11) is 0. The van der Waals surface area contributed by atoms with Gasteiger partial charge in [-0.25, -0.2) is 0 Å². The van der Waals surface area contributed by atoms with Crippen molar-refractivity contribution >= 4 is 18.1 Å². The lowest BCUT2D eigenvalue weighted by Gasteiger charge is -2.12. The minimum absolute atomic E-state index is 0.221. The molecule has 1 aliphatic rings. The molecule has 29 heavy (non-hydrogen) atoms. The van der Waals surface area contributed by atoms with Gasteiger partial charge in [-0.05, 0) is 49.3 Å². The second kappa shape index (κ2) is 8.91. The Morgan fingerprint density at radius 3 is 2.62 bits per heavy atom. The summed E-state index contributed by atoms with van der Waals surface area (Å²) in [6.07, 6.45) is 2.19. The first-order chi connectivity index (χ1) is 14.2. The molecule has 0 aliphatic heterocycles. The number of aromatic amines is 1. The Balaban J connectivity index is 1.33. The Hall–Kier alpha value is -3.13. The predicted octanol–water partition coefficient (Wildman–Crippen LogP) is 3.66. The second-order valence-electron chi connectivity index (χ2n) is 6.73. The number of nitrogens with one attached hydrogen (secondary N) is 2. The smallest absolute Gasteiger partial charge is 0.255 e. The molecule has 0 saturated heterocycles. The molecule has 0 bridgehead atoms. The molecule has 0 spiro atoms. The van der Waals surface area contributed by atoms with E-state index in [0.29, 0.717) is 41.9 Å². The largest absolute Gasteiger partial charge is 0.490 e. The SMILES string of the molecule is O=C(NCc1n[nH]c(=S)n1C1CC1)c1ccccc1OCCOc1ccccc1. The van der Waals surface area contributed by atoms with Gasteiger partial charge in [-0.2, -0.15) is 5.10 Å². The van der Waals surface area contributed by atoms with E-state index in [1.807, 2.05) is 47.0 Å². The second-order valence-corrected chi connectivity index (χ2v) is 7.12. The molecule has 1 amide bonds. The maximum absolute atomic E-state index is 12.7. The van der Waals surface area contributed by atoms with E-state index in [9.17, 15) is 4.79 Å². The van der Waals surface area contributed by atoms with Crippen molar-refractivity contribution in [2.45, 2.75) is 25.4 Å². The van der Waals surface area contributed by atoms with Gasteiger partial charge in [-0.3, -0.25) is 14.5 Å². The summed E-state index contributed by atoms with van der Waals surface area (Å²) >= 11 is 5.28. The van der Waals surface area contributed by atoms with E-state index in [4.69, 9.17) is 21.7 Å². The summed E-state index contributed by atoms with van der Waals surface area (Å²) in [5.41, 5.74) is 0.472. The Bertz CT molecular complexity index is 1030. The normalized spacial score (nSPS) is 13.1. The zero-order valence-corrected chi connectivity index (χ0v) is 16.7. The fourth-order valence-corrected chi connectivity index (χ4v) is 3.33. The Morgan fingerprint density at radius 1 is 1.10 bits per heavy atom. The van der Waals surface area contributed by atoms with Gasteiger partial charge < -0.3 is 14.8 Å². The van der Waals surface area contributed by atoms with Crippen molar-refractivity contribution in [3.05, 3.63) is 70.8 Å². The molecule has 8 heteroatoms. The first kappa shape index (κ1) is 19.2. The van der Waals surface area contributed by atoms with Gasteiger partial charge in [0.1, 0.15) is 24.7 Å². The summed E-state index contributed by atoms with van der Waals surface area (Å²) in [5.74, 6) is 1.82. The van der Waals surface area contributed by atoms with E-state index in [1.165, 1.54) is 0 Å². The van der Waals surface area contributed by atoms with Crippen LogP contribution >= 0.6 is 12.2 Å². The molecule has 1 aliphatic carbocycles. The fourth-order valence-electron chi connectivity index (χ4n) is 3.03. The monoisotopic (exact) mass is 410 g/mol. The van der Waals surface area contributed by atoms with Crippen LogP contribution in [0.4, 0.5) is 0 Å². The summed E-state index contributed by atoms with van der Waals surface area (Å²) in [5, 5.41) is 9.95. The van der Waals surface area contributed by atoms with Crippen LogP contribution in [0.15, 0.2) is 54.6 Å². The van der Waals surface area contributed by atoms with Crippen LogP contribution in [0.5, 0.6) is 11.5 Å². The highest BCUT2D eigenvalue weighted by atomic mass is 32.1. The van der Waals surface area contributed by atoms with Crippen LogP contribution in [0.25, 0.3) is 0 Å². The molecule has 4 rings (SSSR count). The molecule has 2 N–H and O–H groups in total. The van der Waals surface area contributed by atoms with E-state index in [2.05, 4.69) is 15.5 Å². The first-order valence-corrected chi connectivity index (χ1v) is 9.97.